The molecule has 0 bridgehead atoms. The molecular weight excluding hydrogens is 374 g/mol. The molecule has 0 aliphatic carbocycles. The molecule has 152 valence electrons. The van der Waals surface area contributed by atoms with E-state index in [1.807, 2.05) is 57.2 Å². The van der Waals surface area contributed by atoms with Crippen molar-refractivity contribution in [2.45, 2.75) is 43.9 Å². The molecule has 0 unspecified atom stereocenters. The second-order valence-corrected chi connectivity index (χ2v) is 9.35. The number of hydrogen-bond acceptors (Lipinski definition) is 4. The fourth-order valence-corrected chi connectivity index (χ4v) is 5.86. The third-order valence-electron chi connectivity index (χ3n) is 5.60. The molecule has 1 aliphatic rings. The van der Waals surface area contributed by atoms with Gasteiger partial charge in [0.05, 0.1) is 12.0 Å². The lowest BCUT2D eigenvalue weighted by atomic mass is 9.74. The van der Waals surface area contributed by atoms with E-state index in [-0.39, 0.29) is 5.41 Å². The van der Waals surface area contributed by atoms with Crippen LogP contribution in [0.5, 0.6) is 5.75 Å². The molecule has 0 radical (unpaired) electrons. The average Bonchev–Trinajstić information content (AvgIpc) is 2.66. The maximum atomic E-state index is 13.2. The standard InChI is InChI=1S/C22H29NO4S/c1-16-13-17(2)21(18(3)14-16)28(24,25)23-15-22(9-11-27-12-10-22)19-7-5-6-8-20(19)26-4/h5-8,13-14,23H,9-12,15H2,1-4H3. The van der Waals surface area contributed by atoms with Crippen molar-refractivity contribution in [3.05, 3.63) is 58.7 Å². The van der Waals surface area contributed by atoms with Crippen LogP contribution in [0.4, 0.5) is 0 Å². The van der Waals surface area contributed by atoms with Crippen LogP contribution in [0.3, 0.4) is 0 Å². The van der Waals surface area contributed by atoms with E-state index in [9.17, 15) is 8.42 Å². The third kappa shape index (κ3) is 4.09. The summed E-state index contributed by atoms with van der Waals surface area (Å²) in [7, 11) is -1.99. The fourth-order valence-electron chi connectivity index (χ4n) is 4.28. The summed E-state index contributed by atoms with van der Waals surface area (Å²) in [4.78, 5) is 0.375. The number of methoxy groups -OCH3 is 1. The lowest BCUT2D eigenvalue weighted by Crippen LogP contribution is -2.45. The predicted octanol–water partition coefficient (Wildman–Crippen LogP) is 3.65. The Morgan fingerprint density at radius 1 is 1.07 bits per heavy atom. The van der Waals surface area contributed by atoms with Crippen LogP contribution in [0.25, 0.3) is 0 Å². The molecule has 1 heterocycles. The fraction of sp³-hybridized carbons (Fsp3) is 0.455. The molecular formula is C22H29NO4S. The van der Waals surface area contributed by atoms with E-state index in [1.165, 1.54) is 0 Å². The van der Waals surface area contributed by atoms with Crippen molar-refractivity contribution in [1.82, 2.24) is 4.72 Å². The zero-order valence-electron chi connectivity index (χ0n) is 17.0. The highest BCUT2D eigenvalue weighted by atomic mass is 32.2. The summed E-state index contributed by atoms with van der Waals surface area (Å²) in [6.07, 6.45) is 1.48. The lowest BCUT2D eigenvalue weighted by Gasteiger charge is -2.38. The van der Waals surface area contributed by atoms with Gasteiger partial charge in [0.25, 0.3) is 0 Å². The number of rotatable bonds is 6. The first-order chi connectivity index (χ1) is 13.3. The topological polar surface area (TPSA) is 64.6 Å². The molecule has 28 heavy (non-hydrogen) atoms. The van der Waals surface area contributed by atoms with E-state index in [4.69, 9.17) is 9.47 Å². The highest BCUT2D eigenvalue weighted by molar-refractivity contribution is 7.89. The van der Waals surface area contributed by atoms with E-state index < -0.39 is 10.0 Å². The number of nitrogens with one attached hydrogen (secondary N) is 1. The van der Waals surface area contributed by atoms with Gasteiger partial charge in [-0.05, 0) is 50.8 Å². The number of benzene rings is 2. The van der Waals surface area contributed by atoms with E-state index in [2.05, 4.69) is 4.72 Å². The third-order valence-corrected chi connectivity index (χ3v) is 7.31. The highest BCUT2D eigenvalue weighted by Gasteiger charge is 2.38. The first-order valence-electron chi connectivity index (χ1n) is 9.58. The van der Waals surface area contributed by atoms with Gasteiger partial charge in [-0.3, -0.25) is 0 Å². The molecule has 2 aromatic rings. The van der Waals surface area contributed by atoms with Crippen LogP contribution in [0, 0.1) is 20.8 Å². The normalized spacial score (nSPS) is 16.7. The molecule has 1 aliphatic heterocycles. The van der Waals surface area contributed by atoms with Crippen molar-refractivity contribution in [1.29, 1.82) is 0 Å². The Morgan fingerprint density at radius 2 is 1.68 bits per heavy atom. The number of para-hydroxylation sites is 1. The van der Waals surface area contributed by atoms with E-state index in [1.54, 1.807) is 7.11 Å². The summed E-state index contributed by atoms with van der Waals surface area (Å²) in [6, 6.07) is 11.7. The van der Waals surface area contributed by atoms with Crippen LogP contribution in [-0.4, -0.2) is 35.3 Å². The van der Waals surface area contributed by atoms with Gasteiger partial charge in [0.1, 0.15) is 5.75 Å². The molecule has 0 aromatic heterocycles. The molecule has 0 amide bonds. The maximum absolute atomic E-state index is 13.2. The van der Waals surface area contributed by atoms with Crippen molar-refractivity contribution in [3.8, 4) is 5.75 Å². The lowest BCUT2D eigenvalue weighted by molar-refractivity contribution is 0.0509. The quantitative estimate of drug-likeness (QED) is 0.800. The predicted molar refractivity (Wildman–Crippen MR) is 111 cm³/mol. The Labute approximate surface area is 168 Å². The summed E-state index contributed by atoms with van der Waals surface area (Å²) in [5.74, 6) is 0.784. The largest absolute Gasteiger partial charge is 0.496 e. The highest BCUT2D eigenvalue weighted by Crippen LogP contribution is 2.39. The van der Waals surface area contributed by atoms with Crippen LogP contribution >= 0.6 is 0 Å². The molecule has 2 aromatic carbocycles. The van der Waals surface area contributed by atoms with Gasteiger partial charge < -0.3 is 9.47 Å². The van der Waals surface area contributed by atoms with Crippen molar-refractivity contribution < 1.29 is 17.9 Å². The van der Waals surface area contributed by atoms with Crippen LogP contribution < -0.4 is 9.46 Å². The van der Waals surface area contributed by atoms with Gasteiger partial charge in [-0.1, -0.05) is 35.9 Å². The van der Waals surface area contributed by atoms with Gasteiger partial charge in [0, 0.05) is 30.7 Å². The number of ether oxygens (including phenoxy) is 2. The molecule has 1 fully saturated rings. The molecule has 1 saturated heterocycles. The van der Waals surface area contributed by atoms with E-state index in [0.29, 0.717) is 24.7 Å². The SMILES string of the molecule is COc1ccccc1C1(CNS(=O)(=O)c2c(C)cc(C)cc2C)CCOCC1. The minimum absolute atomic E-state index is 0.311. The Kier molecular flexibility index (Phi) is 6.12. The average molecular weight is 404 g/mol. The Balaban J connectivity index is 1.95. The van der Waals surface area contributed by atoms with Crippen molar-refractivity contribution in [3.63, 3.8) is 0 Å². The maximum Gasteiger partial charge on any atom is 0.241 e. The van der Waals surface area contributed by atoms with Crippen LogP contribution in [0.1, 0.15) is 35.1 Å². The number of hydrogen-bond donors (Lipinski definition) is 1. The second kappa shape index (κ2) is 8.23. The first-order valence-corrected chi connectivity index (χ1v) is 11.1. The van der Waals surface area contributed by atoms with Gasteiger partial charge >= 0.3 is 0 Å². The van der Waals surface area contributed by atoms with Gasteiger partial charge in [-0.15, -0.1) is 0 Å². The summed E-state index contributed by atoms with van der Waals surface area (Å²) >= 11 is 0. The molecule has 3 rings (SSSR count). The summed E-state index contributed by atoms with van der Waals surface area (Å²) in [6.45, 7) is 7.18. The minimum atomic E-state index is -3.64. The Hall–Kier alpha value is -1.89. The molecule has 1 N–H and O–H groups in total. The van der Waals surface area contributed by atoms with Crippen LogP contribution in [0.2, 0.25) is 0 Å². The van der Waals surface area contributed by atoms with E-state index >= 15 is 0 Å². The Morgan fingerprint density at radius 3 is 2.29 bits per heavy atom. The summed E-state index contributed by atoms with van der Waals surface area (Å²) < 4.78 is 40.4. The molecule has 0 atom stereocenters. The van der Waals surface area contributed by atoms with Crippen molar-refractivity contribution >= 4 is 10.0 Å². The summed E-state index contributed by atoms with van der Waals surface area (Å²) in [5.41, 5.74) is 3.26. The van der Waals surface area contributed by atoms with Crippen molar-refractivity contribution in [2.24, 2.45) is 0 Å². The zero-order chi connectivity index (χ0) is 20.4. The van der Waals surface area contributed by atoms with Crippen LogP contribution in [0.15, 0.2) is 41.3 Å². The monoisotopic (exact) mass is 403 g/mol. The molecule has 5 nitrogen and oxygen atoms in total. The Bertz CT molecular complexity index is 924. The van der Waals surface area contributed by atoms with Gasteiger partial charge in [-0.25, -0.2) is 13.1 Å². The number of aryl methyl sites for hydroxylation is 3. The second-order valence-electron chi connectivity index (χ2n) is 7.65. The minimum Gasteiger partial charge on any atom is -0.496 e. The van der Waals surface area contributed by atoms with Gasteiger partial charge in [0.2, 0.25) is 10.0 Å². The van der Waals surface area contributed by atoms with E-state index in [0.717, 1.165) is 40.8 Å². The molecule has 6 heteroatoms. The molecule has 0 saturated carbocycles. The molecule has 0 spiro atoms. The summed E-state index contributed by atoms with van der Waals surface area (Å²) in [5, 5.41) is 0. The zero-order valence-corrected chi connectivity index (χ0v) is 17.9. The van der Waals surface area contributed by atoms with Crippen LogP contribution in [-0.2, 0) is 20.2 Å². The first kappa shape index (κ1) is 20.8. The smallest absolute Gasteiger partial charge is 0.241 e. The van der Waals surface area contributed by atoms with Gasteiger partial charge in [-0.2, -0.15) is 0 Å². The van der Waals surface area contributed by atoms with Gasteiger partial charge in [0.15, 0.2) is 0 Å². The van der Waals surface area contributed by atoms with Crippen molar-refractivity contribution in [2.75, 3.05) is 26.9 Å². The number of sulfonamides is 1.